The van der Waals surface area contributed by atoms with Crippen molar-refractivity contribution >= 4 is 40.1 Å². The number of likely N-dealkylation sites (tertiary alicyclic amines) is 1. The summed E-state index contributed by atoms with van der Waals surface area (Å²) in [6.45, 7) is 6.75. The molecule has 1 amide bonds. The lowest BCUT2D eigenvalue weighted by atomic mass is 9.97. The molecule has 1 unspecified atom stereocenters. The second-order valence-electron chi connectivity index (χ2n) is 8.96. The molecule has 2 heterocycles. The first-order valence-corrected chi connectivity index (χ1v) is 11.0. The van der Waals surface area contributed by atoms with Gasteiger partial charge in [-0.3, -0.25) is 0 Å². The van der Waals surface area contributed by atoms with Crippen LogP contribution in [0.15, 0.2) is 36.7 Å². The van der Waals surface area contributed by atoms with Crippen LogP contribution < -0.4 is 5.32 Å². The Balaban J connectivity index is 1.61. The number of nitrogens with one attached hydrogen (secondary N) is 1. The highest BCUT2D eigenvalue weighted by atomic mass is 35.5. The Morgan fingerprint density at radius 3 is 2.82 bits per heavy atom. The van der Waals surface area contributed by atoms with E-state index in [1.54, 1.807) is 11.0 Å². The van der Waals surface area contributed by atoms with Crippen LogP contribution in [-0.4, -0.2) is 39.7 Å². The number of rotatable bonds is 3. The molecule has 0 saturated carbocycles. The highest BCUT2D eigenvalue weighted by Crippen LogP contribution is 2.33. The van der Waals surface area contributed by atoms with Crippen LogP contribution in [0.4, 0.5) is 20.7 Å². The lowest BCUT2D eigenvalue weighted by Crippen LogP contribution is -2.35. The number of carbonyl (C=O) groups excluding carboxylic acids is 1. The molecule has 6 nitrogen and oxygen atoms in total. The van der Waals surface area contributed by atoms with E-state index in [1.165, 1.54) is 12.4 Å². The summed E-state index contributed by atoms with van der Waals surface area (Å²) in [5.74, 6) is 2.26. The third-order valence-electron chi connectivity index (χ3n) is 5.46. The Kier molecular flexibility index (Phi) is 6.13. The van der Waals surface area contributed by atoms with Gasteiger partial charge in [-0.1, -0.05) is 23.6 Å². The monoisotopic (exact) mass is 466 g/mol. The van der Waals surface area contributed by atoms with Gasteiger partial charge in [0.1, 0.15) is 17.7 Å². The van der Waals surface area contributed by atoms with E-state index in [1.807, 2.05) is 39.0 Å². The minimum absolute atomic E-state index is 0.00564. The molecule has 1 atom stereocenters. The number of amides is 1. The largest absolute Gasteiger partial charge is 0.444 e. The number of fused-ring (bicyclic) bond motifs is 1. The van der Waals surface area contributed by atoms with Crippen molar-refractivity contribution in [1.82, 2.24) is 14.9 Å². The van der Waals surface area contributed by atoms with Crippen molar-refractivity contribution in [1.29, 1.82) is 0 Å². The summed E-state index contributed by atoms with van der Waals surface area (Å²) in [6.07, 6.45) is 7.32. The van der Waals surface area contributed by atoms with E-state index >= 15 is 0 Å². The van der Waals surface area contributed by atoms with Gasteiger partial charge in [0.05, 0.1) is 21.8 Å². The summed E-state index contributed by atoms with van der Waals surface area (Å²) in [5, 5.41) is 3.93. The minimum Gasteiger partial charge on any atom is -0.444 e. The molecule has 1 fully saturated rings. The molecule has 1 aliphatic heterocycles. The summed E-state index contributed by atoms with van der Waals surface area (Å²) in [5.41, 5.74) is 1.40. The van der Waals surface area contributed by atoms with Crippen LogP contribution >= 0.6 is 11.6 Å². The SMILES string of the molecule is C#Cc1c(Cl)ccc(Nc2ncnc3ccc(C4CCN(C(=O)OC(C)(C)C)C4)cc23)c1F. The van der Waals surface area contributed by atoms with Gasteiger partial charge in [0, 0.05) is 24.4 Å². The second-order valence-corrected chi connectivity index (χ2v) is 9.37. The number of benzene rings is 2. The van der Waals surface area contributed by atoms with Crippen molar-refractivity contribution in [2.24, 2.45) is 0 Å². The topological polar surface area (TPSA) is 67.4 Å². The zero-order valence-electron chi connectivity index (χ0n) is 18.7. The van der Waals surface area contributed by atoms with Crippen LogP contribution in [0, 0.1) is 18.2 Å². The van der Waals surface area contributed by atoms with Crippen LogP contribution in [-0.2, 0) is 4.74 Å². The van der Waals surface area contributed by atoms with E-state index in [2.05, 4.69) is 21.2 Å². The number of hydrogen-bond acceptors (Lipinski definition) is 5. The van der Waals surface area contributed by atoms with Crippen LogP contribution in [0.1, 0.15) is 44.2 Å². The molecular weight excluding hydrogens is 443 g/mol. The van der Waals surface area contributed by atoms with Crippen molar-refractivity contribution in [3.63, 3.8) is 0 Å². The molecule has 0 bridgehead atoms. The summed E-state index contributed by atoms with van der Waals surface area (Å²) in [7, 11) is 0. The lowest BCUT2D eigenvalue weighted by Gasteiger charge is -2.24. The smallest absolute Gasteiger partial charge is 0.410 e. The molecule has 4 rings (SSSR count). The van der Waals surface area contributed by atoms with Crippen molar-refractivity contribution in [2.45, 2.75) is 38.7 Å². The fraction of sp³-hybridized carbons (Fsp3) is 0.320. The fourth-order valence-electron chi connectivity index (χ4n) is 3.86. The number of nitrogens with zero attached hydrogens (tertiary/aromatic N) is 3. The number of ether oxygens (including phenoxy) is 1. The zero-order valence-corrected chi connectivity index (χ0v) is 19.4. The number of anilines is 2. The number of hydrogen-bond donors (Lipinski definition) is 1. The van der Waals surface area contributed by atoms with Crippen molar-refractivity contribution < 1.29 is 13.9 Å². The van der Waals surface area contributed by atoms with E-state index in [9.17, 15) is 9.18 Å². The van der Waals surface area contributed by atoms with E-state index in [0.717, 1.165) is 17.4 Å². The first-order chi connectivity index (χ1) is 15.7. The molecule has 33 heavy (non-hydrogen) atoms. The van der Waals surface area contributed by atoms with Crippen LogP contribution in [0.5, 0.6) is 0 Å². The molecule has 0 spiro atoms. The third-order valence-corrected chi connectivity index (χ3v) is 5.77. The molecule has 1 aromatic heterocycles. The maximum atomic E-state index is 14.8. The van der Waals surface area contributed by atoms with E-state index in [0.29, 0.717) is 24.4 Å². The normalized spacial score (nSPS) is 16.0. The maximum absolute atomic E-state index is 14.8. The second kappa shape index (κ2) is 8.87. The zero-order chi connectivity index (χ0) is 23.8. The number of aromatic nitrogens is 2. The lowest BCUT2D eigenvalue weighted by molar-refractivity contribution is 0.0292. The predicted molar refractivity (Wildman–Crippen MR) is 127 cm³/mol. The molecule has 8 heteroatoms. The molecule has 1 aliphatic rings. The Hall–Kier alpha value is -3.37. The van der Waals surface area contributed by atoms with Gasteiger partial charge in [0.2, 0.25) is 0 Å². The third kappa shape index (κ3) is 4.86. The molecular formula is C25H24ClFN4O2. The fourth-order valence-corrected chi connectivity index (χ4v) is 4.06. The van der Waals surface area contributed by atoms with E-state index in [-0.39, 0.29) is 28.3 Å². The van der Waals surface area contributed by atoms with Crippen molar-refractivity contribution in [3.8, 4) is 12.3 Å². The summed E-state index contributed by atoms with van der Waals surface area (Å²) in [6, 6.07) is 8.95. The van der Waals surface area contributed by atoms with Crippen molar-refractivity contribution in [2.75, 3.05) is 18.4 Å². The van der Waals surface area contributed by atoms with Crippen LogP contribution in [0.25, 0.3) is 10.9 Å². The Morgan fingerprint density at radius 2 is 2.09 bits per heavy atom. The average Bonchev–Trinajstić information content (AvgIpc) is 3.25. The van der Waals surface area contributed by atoms with E-state index < -0.39 is 11.4 Å². The molecule has 0 radical (unpaired) electrons. The highest BCUT2D eigenvalue weighted by Gasteiger charge is 2.30. The quantitative estimate of drug-likeness (QED) is 0.489. The molecule has 1 saturated heterocycles. The molecule has 170 valence electrons. The van der Waals surface area contributed by atoms with Gasteiger partial charge in [-0.2, -0.15) is 0 Å². The summed E-state index contributed by atoms with van der Waals surface area (Å²) < 4.78 is 20.3. The van der Waals surface area contributed by atoms with Gasteiger partial charge in [0.25, 0.3) is 0 Å². The number of halogens is 2. The predicted octanol–water partition coefficient (Wildman–Crippen LogP) is 5.87. The van der Waals surface area contributed by atoms with Crippen LogP contribution in [0.3, 0.4) is 0 Å². The van der Waals surface area contributed by atoms with Gasteiger partial charge in [-0.15, -0.1) is 6.42 Å². The number of terminal acetylenes is 1. The summed E-state index contributed by atoms with van der Waals surface area (Å²) >= 11 is 5.99. The molecule has 1 N–H and O–H groups in total. The van der Waals surface area contributed by atoms with Gasteiger partial charge >= 0.3 is 6.09 Å². The highest BCUT2D eigenvalue weighted by molar-refractivity contribution is 6.31. The van der Waals surface area contributed by atoms with Gasteiger partial charge in [-0.25, -0.2) is 19.2 Å². The van der Waals surface area contributed by atoms with Gasteiger partial charge in [-0.05, 0) is 57.0 Å². The first-order valence-electron chi connectivity index (χ1n) is 10.6. The minimum atomic E-state index is -0.614. The Morgan fingerprint density at radius 1 is 1.30 bits per heavy atom. The average molecular weight is 467 g/mol. The van der Waals surface area contributed by atoms with Gasteiger partial charge in [0.15, 0.2) is 5.82 Å². The standard InChI is InChI=1S/C25H24ClFN4O2/c1-5-17-19(26)7-9-21(22(17)27)30-23-18-12-15(6-8-20(18)28-14-29-23)16-10-11-31(13-16)24(32)33-25(2,3)4/h1,6-9,12,14,16H,10-11,13H2,2-4H3,(H,28,29,30). The number of carbonyl (C=O) groups is 1. The van der Waals surface area contributed by atoms with Gasteiger partial charge < -0.3 is 15.0 Å². The Labute approximate surface area is 197 Å². The Bertz CT molecular complexity index is 1270. The maximum Gasteiger partial charge on any atom is 0.410 e. The molecule has 3 aromatic rings. The summed E-state index contributed by atoms with van der Waals surface area (Å²) in [4.78, 5) is 22.8. The molecule has 2 aromatic carbocycles. The molecule has 0 aliphatic carbocycles. The van der Waals surface area contributed by atoms with E-state index in [4.69, 9.17) is 22.8 Å². The van der Waals surface area contributed by atoms with Crippen LogP contribution in [0.2, 0.25) is 5.02 Å². The first kappa shape index (κ1) is 22.8. The van der Waals surface area contributed by atoms with Crippen molar-refractivity contribution in [3.05, 3.63) is 58.6 Å².